The summed E-state index contributed by atoms with van der Waals surface area (Å²) in [4.78, 5) is 16.9. The quantitative estimate of drug-likeness (QED) is 0.655. The molecule has 0 saturated carbocycles. The molecule has 1 aromatic rings. The molecule has 0 unspecified atom stereocenters. The van der Waals surface area contributed by atoms with Gasteiger partial charge in [0.1, 0.15) is 0 Å². The predicted molar refractivity (Wildman–Crippen MR) is 120 cm³/mol. The largest absolute Gasteiger partial charge is 0.490 e. The maximum Gasteiger partial charge on any atom is 0.260 e. The molecule has 0 spiro atoms. The minimum Gasteiger partial charge on any atom is -0.490 e. The second kappa shape index (κ2) is 12.3. The third kappa shape index (κ3) is 7.68. The molecule has 166 valence electrons. The van der Waals surface area contributed by atoms with Gasteiger partial charge in [-0.3, -0.25) is 9.69 Å². The van der Waals surface area contributed by atoms with E-state index in [0.717, 1.165) is 26.2 Å². The minimum atomic E-state index is -0.00803. The van der Waals surface area contributed by atoms with E-state index >= 15 is 0 Å². The summed E-state index contributed by atoms with van der Waals surface area (Å²) in [5, 5.41) is 3.47. The average molecular weight is 428 g/mol. The fourth-order valence-electron chi connectivity index (χ4n) is 3.84. The van der Waals surface area contributed by atoms with E-state index in [1.54, 1.807) is 0 Å². The van der Waals surface area contributed by atoms with Crippen LogP contribution in [-0.4, -0.2) is 66.7 Å². The van der Waals surface area contributed by atoms with Gasteiger partial charge in [-0.25, -0.2) is 0 Å². The first-order valence-electron chi connectivity index (χ1n) is 10.5. The van der Waals surface area contributed by atoms with Crippen LogP contribution < -0.4 is 14.8 Å². The van der Waals surface area contributed by atoms with Gasteiger partial charge >= 0.3 is 0 Å². The number of ether oxygens (including phenoxy) is 2. The first kappa shape index (κ1) is 25.5. The molecule has 1 amide bonds. The molecule has 2 rings (SSSR count). The minimum absolute atomic E-state index is 0. The summed E-state index contributed by atoms with van der Waals surface area (Å²) in [6.07, 6.45) is 0. The molecule has 1 aromatic carbocycles. The normalized spacial score (nSPS) is 17.2. The third-order valence-electron chi connectivity index (χ3n) is 4.92. The Morgan fingerprint density at radius 2 is 1.90 bits per heavy atom. The van der Waals surface area contributed by atoms with Gasteiger partial charge in [0.25, 0.3) is 5.91 Å². The molecular weight excluding hydrogens is 390 g/mol. The molecule has 1 fully saturated rings. The van der Waals surface area contributed by atoms with E-state index in [0.29, 0.717) is 24.1 Å². The fourth-order valence-corrected chi connectivity index (χ4v) is 3.84. The summed E-state index contributed by atoms with van der Waals surface area (Å²) in [6, 6.07) is 6.83. The van der Waals surface area contributed by atoms with Crippen LogP contribution in [0.4, 0.5) is 0 Å². The van der Waals surface area contributed by atoms with Gasteiger partial charge in [-0.2, -0.15) is 0 Å². The Bertz CT molecular complexity index is 632. The Labute approximate surface area is 182 Å². The summed E-state index contributed by atoms with van der Waals surface area (Å²) in [5.41, 5.74) is 1.20. The van der Waals surface area contributed by atoms with Crippen molar-refractivity contribution in [1.29, 1.82) is 0 Å². The molecular formula is C22H38ClN3O3. The van der Waals surface area contributed by atoms with Crippen molar-refractivity contribution < 1.29 is 14.3 Å². The van der Waals surface area contributed by atoms with E-state index in [1.165, 1.54) is 5.56 Å². The number of hydrogen-bond acceptors (Lipinski definition) is 5. The summed E-state index contributed by atoms with van der Waals surface area (Å²) in [5.74, 6) is 1.32. The lowest BCUT2D eigenvalue weighted by Crippen LogP contribution is -2.48. The van der Waals surface area contributed by atoms with E-state index in [2.05, 4.69) is 23.2 Å². The van der Waals surface area contributed by atoms with E-state index in [1.807, 2.05) is 51.7 Å². The number of hydrogen-bond donors (Lipinski definition) is 1. The standard InChI is InChI=1S/C22H37N3O3.ClH/c1-7-27-21-12-19(14-24-11-10-23-18(6)13-24)8-9-20(21)28-15-22(26)25(16(2)3)17(4)5;/h8-9,12,16-18,23H,7,10-11,13-15H2,1-6H3;1H/t18-;/m0./s1. The van der Waals surface area contributed by atoms with Crippen molar-refractivity contribution in [3.05, 3.63) is 23.8 Å². The Kier molecular flexibility index (Phi) is 10.8. The number of nitrogens with zero attached hydrogens (tertiary/aromatic N) is 2. The molecule has 1 atom stereocenters. The summed E-state index contributed by atoms with van der Waals surface area (Å²) >= 11 is 0. The zero-order chi connectivity index (χ0) is 20.7. The lowest BCUT2D eigenvalue weighted by molar-refractivity contribution is -0.137. The molecule has 1 N–H and O–H groups in total. The highest BCUT2D eigenvalue weighted by Crippen LogP contribution is 2.29. The number of nitrogens with one attached hydrogen (secondary N) is 1. The van der Waals surface area contributed by atoms with Gasteiger partial charge < -0.3 is 19.7 Å². The van der Waals surface area contributed by atoms with Crippen LogP contribution >= 0.6 is 12.4 Å². The number of benzene rings is 1. The number of piperazine rings is 1. The maximum absolute atomic E-state index is 12.6. The van der Waals surface area contributed by atoms with Gasteiger partial charge in [-0.1, -0.05) is 6.07 Å². The monoisotopic (exact) mass is 427 g/mol. The van der Waals surface area contributed by atoms with Gasteiger partial charge in [0.05, 0.1) is 6.61 Å². The van der Waals surface area contributed by atoms with Crippen LogP contribution in [-0.2, 0) is 11.3 Å². The Hall–Kier alpha value is -1.50. The van der Waals surface area contributed by atoms with E-state index in [4.69, 9.17) is 9.47 Å². The summed E-state index contributed by atoms with van der Waals surface area (Å²) in [7, 11) is 0. The molecule has 1 aliphatic rings. The highest BCUT2D eigenvalue weighted by atomic mass is 35.5. The molecule has 0 radical (unpaired) electrons. The number of carbonyl (C=O) groups is 1. The van der Waals surface area contributed by atoms with E-state index < -0.39 is 0 Å². The molecule has 0 aromatic heterocycles. The highest BCUT2D eigenvalue weighted by Gasteiger charge is 2.21. The molecule has 29 heavy (non-hydrogen) atoms. The lowest BCUT2D eigenvalue weighted by Gasteiger charge is -2.32. The molecule has 1 saturated heterocycles. The van der Waals surface area contributed by atoms with Gasteiger partial charge in [-0.05, 0) is 59.2 Å². The third-order valence-corrected chi connectivity index (χ3v) is 4.92. The van der Waals surface area contributed by atoms with Gasteiger partial charge in [0.15, 0.2) is 18.1 Å². The zero-order valence-electron chi connectivity index (χ0n) is 18.7. The molecule has 6 nitrogen and oxygen atoms in total. The van der Waals surface area contributed by atoms with Crippen LogP contribution in [0.3, 0.4) is 0 Å². The smallest absolute Gasteiger partial charge is 0.260 e. The Morgan fingerprint density at radius 1 is 1.21 bits per heavy atom. The molecule has 7 heteroatoms. The predicted octanol–water partition coefficient (Wildman–Crippen LogP) is 3.33. The topological polar surface area (TPSA) is 54.0 Å². The molecule has 1 aliphatic heterocycles. The molecule has 0 bridgehead atoms. The van der Waals surface area contributed by atoms with Crippen LogP contribution in [0.15, 0.2) is 18.2 Å². The van der Waals surface area contributed by atoms with Crippen molar-refractivity contribution in [2.75, 3.05) is 32.8 Å². The number of carbonyl (C=O) groups excluding carboxylic acids is 1. The lowest BCUT2D eigenvalue weighted by atomic mass is 10.1. The van der Waals surface area contributed by atoms with Crippen molar-refractivity contribution in [3.63, 3.8) is 0 Å². The Morgan fingerprint density at radius 3 is 2.48 bits per heavy atom. The van der Waals surface area contributed by atoms with Crippen LogP contribution in [0.25, 0.3) is 0 Å². The van der Waals surface area contributed by atoms with Crippen molar-refractivity contribution >= 4 is 18.3 Å². The fraction of sp³-hybridized carbons (Fsp3) is 0.682. The number of halogens is 1. The first-order chi connectivity index (χ1) is 13.3. The molecule has 1 heterocycles. The van der Waals surface area contributed by atoms with Crippen LogP contribution in [0.1, 0.15) is 47.1 Å². The van der Waals surface area contributed by atoms with Gasteiger partial charge in [0.2, 0.25) is 0 Å². The number of rotatable bonds is 9. The van der Waals surface area contributed by atoms with E-state index in [9.17, 15) is 4.79 Å². The Balaban J connectivity index is 0.00000420. The van der Waals surface area contributed by atoms with Crippen LogP contribution in [0, 0.1) is 0 Å². The van der Waals surface area contributed by atoms with Crippen molar-refractivity contribution in [1.82, 2.24) is 15.1 Å². The summed E-state index contributed by atoms with van der Waals surface area (Å²) in [6.45, 7) is 16.8. The maximum atomic E-state index is 12.6. The van der Waals surface area contributed by atoms with E-state index in [-0.39, 0.29) is 37.0 Å². The number of amides is 1. The summed E-state index contributed by atoms with van der Waals surface area (Å²) < 4.78 is 11.6. The highest BCUT2D eigenvalue weighted by molar-refractivity contribution is 5.85. The van der Waals surface area contributed by atoms with Crippen molar-refractivity contribution in [3.8, 4) is 11.5 Å². The van der Waals surface area contributed by atoms with Gasteiger partial charge in [-0.15, -0.1) is 12.4 Å². The average Bonchev–Trinajstić information content (AvgIpc) is 2.60. The van der Waals surface area contributed by atoms with Crippen LogP contribution in [0.5, 0.6) is 11.5 Å². The van der Waals surface area contributed by atoms with Crippen LogP contribution in [0.2, 0.25) is 0 Å². The second-order valence-electron chi connectivity index (χ2n) is 8.08. The first-order valence-corrected chi connectivity index (χ1v) is 10.5. The SMILES string of the molecule is CCOc1cc(CN2CCN[C@@H](C)C2)ccc1OCC(=O)N(C(C)C)C(C)C.Cl. The zero-order valence-corrected chi connectivity index (χ0v) is 19.6. The molecule has 0 aliphatic carbocycles. The van der Waals surface area contributed by atoms with Gasteiger partial charge in [0, 0.05) is 44.3 Å². The van der Waals surface area contributed by atoms with Crippen molar-refractivity contribution in [2.24, 2.45) is 0 Å². The second-order valence-corrected chi connectivity index (χ2v) is 8.08. The van der Waals surface area contributed by atoms with Crippen molar-refractivity contribution in [2.45, 2.75) is 66.2 Å².